The lowest BCUT2D eigenvalue weighted by molar-refractivity contribution is -0.122. The standard InChI is InChI=1S/C14H22N2O2/c1-2-3-4-13(15)14(18)16-9-11-5-7-12(10-17)8-6-11/h5-8,13,17H,2-4,9-10,15H2,1H3,(H,16,18). The number of nitrogens with two attached hydrogens (primary N) is 1. The number of amides is 1. The number of aliphatic hydroxyl groups excluding tert-OH is 1. The van der Waals surface area contributed by atoms with E-state index in [4.69, 9.17) is 10.8 Å². The second-order valence-electron chi connectivity index (χ2n) is 4.44. The van der Waals surface area contributed by atoms with Crippen LogP contribution in [0.15, 0.2) is 24.3 Å². The highest BCUT2D eigenvalue weighted by Gasteiger charge is 2.11. The first-order valence-electron chi connectivity index (χ1n) is 6.39. The minimum atomic E-state index is -0.415. The fourth-order valence-electron chi connectivity index (χ4n) is 1.64. The van der Waals surface area contributed by atoms with Gasteiger partial charge in [-0.25, -0.2) is 0 Å². The van der Waals surface area contributed by atoms with E-state index >= 15 is 0 Å². The first-order valence-corrected chi connectivity index (χ1v) is 6.39. The van der Waals surface area contributed by atoms with E-state index in [1.165, 1.54) is 0 Å². The van der Waals surface area contributed by atoms with Gasteiger partial charge in [-0.1, -0.05) is 44.0 Å². The number of nitrogens with one attached hydrogen (secondary N) is 1. The number of carbonyl (C=O) groups excluding carboxylic acids is 1. The van der Waals surface area contributed by atoms with Crippen LogP contribution in [0.1, 0.15) is 37.3 Å². The van der Waals surface area contributed by atoms with Crippen LogP contribution >= 0.6 is 0 Å². The Labute approximate surface area is 108 Å². The van der Waals surface area contributed by atoms with Crippen molar-refractivity contribution in [1.82, 2.24) is 5.32 Å². The maximum Gasteiger partial charge on any atom is 0.237 e. The Morgan fingerprint density at radius 2 is 1.94 bits per heavy atom. The SMILES string of the molecule is CCCCC(N)C(=O)NCc1ccc(CO)cc1. The summed E-state index contributed by atoms with van der Waals surface area (Å²) in [6.07, 6.45) is 2.75. The molecule has 1 aromatic carbocycles. The van der Waals surface area contributed by atoms with Crippen LogP contribution in [-0.2, 0) is 17.9 Å². The maximum absolute atomic E-state index is 11.7. The van der Waals surface area contributed by atoms with Gasteiger partial charge < -0.3 is 16.2 Å². The molecule has 0 heterocycles. The molecule has 4 heteroatoms. The first kappa shape index (κ1) is 14.7. The van der Waals surface area contributed by atoms with Crippen molar-refractivity contribution in [3.63, 3.8) is 0 Å². The number of carbonyl (C=O) groups is 1. The van der Waals surface area contributed by atoms with E-state index in [2.05, 4.69) is 12.2 Å². The van der Waals surface area contributed by atoms with E-state index in [0.29, 0.717) is 6.54 Å². The molecule has 0 saturated carbocycles. The van der Waals surface area contributed by atoms with Crippen molar-refractivity contribution in [2.24, 2.45) is 5.73 Å². The molecule has 0 radical (unpaired) electrons. The molecule has 0 aromatic heterocycles. The molecule has 4 nitrogen and oxygen atoms in total. The Hall–Kier alpha value is -1.39. The van der Waals surface area contributed by atoms with Gasteiger partial charge in [0.1, 0.15) is 0 Å². The molecule has 18 heavy (non-hydrogen) atoms. The number of unbranched alkanes of at least 4 members (excludes halogenated alkanes) is 1. The normalized spacial score (nSPS) is 12.2. The van der Waals surface area contributed by atoms with Gasteiger partial charge in [-0.15, -0.1) is 0 Å². The summed E-state index contributed by atoms with van der Waals surface area (Å²) in [5, 5.41) is 11.7. The van der Waals surface area contributed by atoms with Crippen molar-refractivity contribution >= 4 is 5.91 Å². The third-order valence-electron chi connectivity index (χ3n) is 2.88. The molecule has 0 aliphatic carbocycles. The van der Waals surface area contributed by atoms with Gasteiger partial charge in [0, 0.05) is 6.54 Å². The third kappa shape index (κ3) is 4.85. The van der Waals surface area contributed by atoms with Gasteiger partial charge in [0.25, 0.3) is 0 Å². The molecule has 1 atom stereocenters. The van der Waals surface area contributed by atoms with E-state index in [1.54, 1.807) is 0 Å². The lowest BCUT2D eigenvalue weighted by atomic mass is 10.1. The van der Waals surface area contributed by atoms with Crippen molar-refractivity contribution in [2.75, 3.05) is 0 Å². The predicted octanol–water partition coefficient (Wildman–Crippen LogP) is 1.31. The van der Waals surface area contributed by atoms with E-state index in [9.17, 15) is 4.79 Å². The Morgan fingerprint density at radius 3 is 2.50 bits per heavy atom. The predicted molar refractivity (Wildman–Crippen MR) is 71.7 cm³/mol. The Morgan fingerprint density at radius 1 is 1.33 bits per heavy atom. The van der Waals surface area contributed by atoms with E-state index < -0.39 is 6.04 Å². The Balaban J connectivity index is 2.37. The van der Waals surface area contributed by atoms with E-state index in [-0.39, 0.29) is 12.5 Å². The lowest BCUT2D eigenvalue weighted by Gasteiger charge is -2.11. The monoisotopic (exact) mass is 250 g/mol. The largest absolute Gasteiger partial charge is 0.392 e. The molecule has 1 aromatic rings. The number of hydrogen-bond donors (Lipinski definition) is 3. The summed E-state index contributed by atoms with van der Waals surface area (Å²) in [5.41, 5.74) is 7.64. The third-order valence-corrected chi connectivity index (χ3v) is 2.88. The Bertz CT molecular complexity index is 363. The second kappa shape index (κ2) is 7.84. The molecule has 0 fully saturated rings. The number of rotatable bonds is 7. The van der Waals surface area contributed by atoms with Crippen LogP contribution in [0.25, 0.3) is 0 Å². The summed E-state index contributed by atoms with van der Waals surface area (Å²) in [6.45, 7) is 2.59. The van der Waals surface area contributed by atoms with Crippen LogP contribution in [0.2, 0.25) is 0 Å². The van der Waals surface area contributed by atoms with Gasteiger partial charge in [-0.2, -0.15) is 0 Å². The lowest BCUT2D eigenvalue weighted by Crippen LogP contribution is -2.40. The minimum absolute atomic E-state index is 0.0362. The Kier molecular flexibility index (Phi) is 6.39. The molecule has 1 unspecified atom stereocenters. The molecular weight excluding hydrogens is 228 g/mol. The average Bonchev–Trinajstić information content (AvgIpc) is 2.42. The van der Waals surface area contributed by atoms with Crippen LogP contribution in [0, 0.1) is 0 Å². The first-order chi connectivity index (χ1) is 8.67. The maximum atomic E-state index is 11.7. The molecule has 1 rings (SSSR count). The molecule has 100 valence electrons. The highest BCUT2D eigenvalue weighted by Crippen LogP contribution is 2.04. The fraction of sp³-hybridized carbons (Fsp3) is 0.500. The fourth-order valence-corrected chi connectivity index (χ4v) is 1.64. The molecule has 0 bridgehead atoms. The summed E-state index contributed by atoms with van der Waals surface area (Å²) < 4.78 is 0. The number of hydrogen-bond acceptors (Lipinski definition) is 3. The van der Waals surface area contributed by atoms with Crippen LogP contribution < -0.4 is 11.1 Å². The summed E-state index contributed by atoms with van der Waals surface area (Å²) in [7, 11) is 0. The number of aliphatic hydroxyl groups is 1. The molecular formula is C14H22N2O2. The van der Waals surface area contributed by atoms with Crippen molar-refractivity contribution < 1.29 is 9.90 Å². The van der Waals surface area contributed by atoms with Crippen molar-refractivity contribution in [1.29, 1.82) is 0 Å². The second-order valence-corrected chi connectivity index (χ2v) is 4.44. The summed E-state index contributed by atoms with van der Waals surface area (Å²) in [5.74, 6) is -0.102. The highest BCUT2D eigenvalue weighted by atomic mass is 16.3. The van der Waals surface area contributed by atoms with E-state index in [0.717, 1.165) is 30.4 Å². The minimum Gasteiger partial charge on any atom is -0.392 e. The van der Waals surface area contributed by atoms with Gasteiger partial charge in [-0.3, -0.25) is 4.79 Å². The zero-order chi connectivity index (χ0) is 13.4. The van der Waals surface area contributed by atoms with Crippen LogP contribution in [0.5, 0.6) is 0 Å². The zero-order valence-corrected chi connectivity index (χ0v) is 10.9. The van der Waals surface area contributed by atoms with Crippen LogP contribution in [-0.4, -0.2) is 17.1 Å². The van der Waals surface area contributed by atoms with Gasteiger partial charge in [0.05, 0.1) is 12.6 Å². The molecule has 4 N–H and O–H groups in total. The molecule has 0 spiro atoms. The van der Waals surface area contributed by atoms with Gasteiger partial charge in [0.2, 0.25) is 5.91 Å². The topological polar surface area (TPSA) is 75.4 Å². The van der Waals surface area contributed by atoms with Crippen LogP contribution in [0.4, 0.5) is 0 Å². The van der Waals surface area contributed by atoms with Crippen molar-refractivity contribution in [3.8, 4) is 0 Å². The summed E-state index contributed by atoms with van der Waals surface area (Å²) >= 11 is 0. The number of benzene rings is 1. The van der Waals surface area contributed by atoms with Crippen LogP contribution in [0.3, 0.4) is 0 Å². The van der Waals surface area contributed by atoms with Gasteiger partial charge in [0.15, 0.2) is 0 Å². The molecule has 0 aliphatic heterocycles. The summed E-state index contributed by atoms with van der Waals surface area (Å²) in [4.78, 5) is 11.7. The summed E-state index contributed by atoms with van der Waals surface area (Å²) in [6, 6.07) is 7.06. The molecule has 0 aliphatic rings. The van der Waals surface area contributed by atoms with Crippen molar-refractivity contribution in [2.45, 2.75) is 45.4 Å². The van der Waals surface area contributed by atoms with Gasteiger partial charge >= 0.3 is 0 Å². The molecule has 0 saturated heterocycles. The molecule has 1 amide bonds. The van der Waals surface area contributed by atoms with Crippen molar-refractivity contribution in [3.05, 3.63) is 35.4 Å². The van der Waals surface area contributed by atoms with E-state index in [1.807, 2.05) is 24.3 Å². The smallest absolute Gasteiger partial charge is 0.237 e. The average molecular weight is 250 g/mol. The quantitative estimate of drug-likeness (QED) is 0.683. The highest BCUT2D eigenvalue weighted by molar-refractivity contribution is 5.81. The zero-order valence-electron chi connectivity index (χ0n) is 10.9. The van der Waals surface area contributed by atoms with Gasteiger partial charge in [-0.05, 0) is 17.5 Å².